The van der Waals surface area contributed by atoms with Crippen molar-refractivity contribution in [3.8, 4) is 0 Å². The average molecular weight is 497 g/mol. The first-order valence-electron chi connectivity index (χ1n) is 8.57. The van der Waals surface area contributed by atoms with Gasteiger partial charge in [-0.3, -0.25) is 27.5 Å². The lowest BCUT2D eigenvalue weighted by Crippen LogP contribution is -2.51. The van der Waals surface area contributed by atoms with Crippen molar-refractivity contribution in [2.75, 3.05) is 25.7 Å². The number of esters is 1. The summed E-state index contributed by atoms with van der Waals surface area (Å²) in [5.41, 5.74) is 5.12. The third kappa shape index (κ3) is 6.38. The Morgan fingerprint density at radius 1 is 1.25 bits per heavy atom. The van der Waals surface area contributed by atoms with Crippen molar-refractivity contribution in [1.82, 2.24) is 9.55 Å². The second-order valence-corrected chi connectivity index (χ2v) is 10.0. The van der Waals surface area contributed by atoms with E-state index in [4.69, 9.17) is 23.4 Å². The predicted molar refractivity (Wildman–Crippen MR) is 104 cm³/mol. The quantitative estimate of drug-likeness (QED) is 0.134. The first kappa shape index (κ1) is 25.5. The molecule has 32 heavy (non-hydrogen) atoms. The van der Waals surface area contributed by atoms with Gasteiger partial charge in [-0.1, -0.05) is 5.11 Å². The molecule has 0 spiro atoms. The van der Waals surface area contributed by atoms with E-state index in [1.165, 1.54) is 0 Å². The molecule has 3 atom stereocenters. The Morgan fingerprint density at radius 3 is 2.25 bits per heavy atom. The number of rotatable bonds is 9. The monoisotopic (exact) mass is 497 g/mol. The van der Waals surface area contributed by atoms with Crippen LogP contribution in [0.25, 0.3) is 10.4 Å². The molecule has 1 aromatic heterocycles. The van der Waals surface area contributed by atoms with Crippen molar-refractivity contribution in [1.29, 1.82) is 0 Å². The van der Waals surface area contributed by atoms with Crippen LogP contribution in [0.2, 0.25) is 0 Å². The van der Waals surface area contributed by atoms with Gasteiger partial charge in [-0.15, -0.1) is 0 Å². The van der Waals surface area contributed by atoms with Crippen LogP contribution in [0.3, 0.4) is 0 Å². The molecule has 178 valence electrons. The number of ether oxygens (including phenoxy) is 2. The van der Waals surface area contributed by atoms with E-state index in [1.54, 1.807) is 0 Å². The summed E-state index contributed by atoms with van der Waals surface area (Å²) in [7, 11) is -8.24. The van der Waals surface area contributed by atoms with Gasteiger partial charge in [-0.2, -0.15) is 16.8 Å². The van der Waals surface area contributed by atoms with E-state index in [2.05, 4.69) is 10.0 Å². The third-order valence-electron chi connectivity index (χ3n) is 4.12. The molecule has 1 aliphatic heterocycles. The van der Waals surface area contributed by atoms with Gasteiger partial charge in [0.1, 0.15) is 11.6 Å². The van der Waals surface area contributed by atoms with Crippen LogP contribution in [0.5, 0.6) is 0 Å². The molecule has 0 bridgehead atoms. The molecule has 2 rings (SSSR count). The number of H-pyrrole nitrogens is 1. The highest BCUT2D eigenvalue weighted by molar-refractivity contribution is 7.86. The summed E-state index contributed by atoms with van der Waals surface area (Å²) in [5, 5.41) is 3.48. The standard InChI is InChI=1S/C14H19N5O11S2/c1-8(20)29-10-11(17-18-15)14(6-27-31(2,23)24,7-28-32(3,25)26)30-12(10)19-5-4-9(21)16-13(19)22/h4-5,10-12H,6-7H2,1-3H3,(H,16,21,22)/t10-,11+,12-/m1/s1. The van der Waals surface area contributed by atoms with Crippen LogP contribution in [0, 0.1) is 0 Å². The number of hydrogen-bond acceptors (Lipinski definition) is 12. The molecule has 0 unspecified atom stereocenters. The summed E-state index contributed by atoms with van der Waals surface area (Å²) in [6.45, 7) is -0.866. The van der Waals surface area contributed by atoms with E-state index < -0.39 is 74.6 Å². The Kier molecular flexibility index (Phi) is 7.48. The normalized spacial score (nSPS) is 22.8. The lowest BCUT2D eigenvalue weighted by atomic mass is 9.94. The number of carbonyl (C=O) groups is 1. The maximum Gasteiger partial charge on any atom is 0.330 e. The van der Waals surface area contributed by atoms with E-state index in [0.29, 0.717) is 12.5 Å². The van der Waals surface area contributed by atoms with Crippen molar-refractivity contribution in [3.63, 3.8) is 0 Å². The molecule has 1 fully saturated rings. The molecule has 1 N–H and O–H groups in total. The van der Waals surface area contributed by atoms with Gasteiger partial charge in [0.2, 0.25) is 0 Å². The van der Waals surface area contributed by atoms with Crippen LogP contribution in [-0.2, 0) is 42.9 Å². The fourth-order valence-corrected chi connectivity index (χ4v) is 3.74. The lowest BCUT2D eigenvalue weighted by Gasteiger charge is -2.31. The SMILES string of the molecule is CC(=O)O[C@H]1[C@H](n2ccc(=O)[nH]c2=O)OC(COS(C)(=O)=O)(COS(C)(=O)=O)[C@H]1N=[N+]=[N-]. The van der Waals surface area contributed by atoms with Crippen LogP contribution in [0.15, 0.2) is 27.0 Å². The van der Waals surface area contributed by atoms with E-state index in [-0.39, 0.29) is 0 Å². The van der Waals surface area contributed by atoms with E-state index in [0.717, 1.165) is 23.8 Å². The van der Waals surface area contributed by atoms with Crippen molar-refractivity contribution in [2.24, 2.45) is 5.11 Å². The molecule has 0 aliphatic carbocycles. The zero-order valence-electron chi connectivity index (χ0n) is 16.9. The van der Waals surface area contributed by atoms with Gasteiger partial charge in [0, 0.05) is 24.1 Å². The maximum absolute atomic E-state index is 12.3. The van der Waals surface area contributed by atoms with Gasteiger partial charge < -0.3 is 9.47 Å². The molecule has 2 heterocycles. The largest absolute Gasteiger partial charge is 0.457 e. The summed E-state index contributed by atoms with van der Waals surface area (Å²) in [5.74, 6) is -0.900. The van der Waals surface area contributed by atoms with Gasteiger partial charge in [0.05, 0.1) is 25.7 Å². The molecule has 0 radical (unpaired) electrons. The molecule has 16 nitrogen and oxygen atoms in total. The number of azide groups is 1. The molecule has 1 aromatic rings. The van der Waals surface area contributed by atoms with Crippen LogP contribution < -0.4 is 11.2 Å². The summed E-state index contributed by atoms with van der Waals surface area (Å²) in [6, 6.07) is -0.679. The molecular formula is C14H19N5O11S2. The average Bonchev–Trinajstić information content (AvgIpc) is 2.91. The zero-order valence-corrected chi connectivity index (χ0v) is 18.5. The molecule has 0 aromatic carbocycles. The minimum Gasteiger partial charge on any atom is -0.457 e. The van der Waals surface area contributed by atoms with Gasteiger partial charge in [0.25, 0.3) is 25.8 Å². The Labute approximate surface area is 180 Å². The Balaban J connectivity index is 2.69. The van der Waals surface area contributed by atoms with E-state index in [9.17, 15) is 31.2 Å². The van der Waals surface area contributed by atoms with Crippen molar-refractivity contribution in [2.45, 2.75) is 30.9 Å². The molecule has 0 saturated carbocycles. The molecule has 1 saturated heterocycles. The first-order valence-corrected chi connectivity index (χ1v) is 12.2. The highest BCUT2D eigenvalue weighted by Crippen LogP contribution is 2.41. The van der Waals surface area contributed by atoms with Gasteiger partial charge in [0.15, 0.2) is 12.3 Å². The van der Waals surface area contributed by atoms with Crippen LogP contribution >= 0.6 is 0 Å². The fraction of sp³-hybridized carbons (Fsp3) is 0.643. The Hall–Kier alpha value is -2.76. The smallest absolute Gasteiger partial charge is 0.330 e. The van der Waals surface area contributed by atoms with Crippen molar-refractivity contribution >= 4 is 26.2 Å². The summed E-state index contributed by atoms with van der Waals surface area (Å²) in [4.78, 5) is 40.0. The van der Waals surface area contributed by atoms with Crippen LogP contribution in [-0.4, -0.2) is 75.8 Å². The van der Waals surface area contributed by atoms with E-state index in [1.807, 2.05) is 4.98 Å². The van der Waals surface area contributed by atoms with Crippen LogP contribution in [0.1, 0.15) is 13.2 Å². The number of hydrogen-bond donors (Lipinski definition) is 1. The lowest BCUT2D eigenvalue weighted by molar-refractivity contribution is -0.156. The highest BCUT2D eigenvalue weighted by atomic mass is 32.2. The zero-order chi connectivity index (χ0) is 24.3. The number of nitrogens with one attached hydrogen (secondary N) is 1. The summed E-state index contributed by atoms with van der Waals surface area (Å²) in [6.07, 6.45) is -0.782. The Bertz CT molecular complexity index is 1210. The minimum absolute atomic E-state index is 0.698. The fourth-order valence-electron chi connectivity index (χ4n) is 2.91. The van der Waals surface area contributed by atoms with Gasteiger partial charge >= 0.3 is 11.7 Å². The number of carbonyl (C=O) groups excluding carboxylic acids is 1. The molecule has 0 amide bonds. The van der Waals surface area contributed by atoms with Crippen molar-refractivity contribution in [3.05, 3.63) is 43.5 Å². The highest BCUT2D eigenvalue weighted by Gasteiger charge is 2.59. The number of nitrogens with zero attached hydrogens (tertiary/aromatic N) is 4. The van der Waals surface area contributed by atoms with Crippen LogP contribution in [0.4, 0.5) is 0 Å². The van der Waals surface area contributed by atoms with Crippen molar-refractivity contribution < 1.29 is 39.5 Å². The van der Waals surface area contributed by atoms with Gasteiger partial charge in [-0.05, 0) is 5.53 Å². The first-order chi connectivity index (χ1) is 14.7. The molecule has 18 heteroatoms. The maximum atomic E-state index is 12.3. The minimum atomic E-state index is -4.12. The summed E-state index contributed by atoms with van der Waals surface area (Å²) >= 11 is 0. The topological polar surface area (TPSA) is 226 Å². The van der Waals surface area contributed by atoms with Gasteiger partial charge in [-0.25, -0.2) is 4.79 Å². The Morgan fingerprint density at radius 2 is 1.81 bits per heavy atom. The second kappa shape index (κ2) is 9.39. The number of aromatic nitrogens is 2. The summed E-state index contributed by atoms with van der Waals surface area (Å²) < 4.78 is 67.5. The molecule has 1 aliphatic rings. The third-order valence-corrected chi connectivity index (χ3v) is 5.22. The van der Waals surface area contributed by atoms with E-state index >= 15 is 0 Å². The number of aromatic amines is 1. The molecular weight excluding hydrogens is 478 g/mol. The second-order valence-electron chi connectivity index (χ2n) is 6.75. The predicted octanol–water partition coefficient (Wildman–Crippen LogP) is -1.63.